The fraction of sp³-hybridized carbons (Fsp3) is 0.115. The van der Waals surface area contributed by atoms with Crippen LogP contribution in [0.25, 0.3) is 6.08 Å². The summed E-state index contributed by atoms with van der Waals surface area (Å²) in [7, 11) is 0. The van der Waals surface area contributed by atoms with Gasteiger partial charge in [0.1, 0.15) is 18.2 Å². The summed E-state index contributed by atoms with van der Waals surface area (Å²) in [6.45, 7) is 2.37. The van der Waals surface area contributed by atoms with E-state index >= 15 is 0 Å². The molecule has 0 aliphatic carbocycles. The van der Waals surface area contributed by atoms with Gasteiger partial charge in [-0.2, -0.15) is 5.26 Å². The van der Waals surface area contributed by atoms with Crippen LogP contribution in [0.5, 0.6) is 11.5 Å². The SMILES string of the molecule is CCOc1cc(/C=C(/C#N)C(=O)Nc2cccc(C(=O)O)c2)cc(Br)c1OCc1ccc(Cl)c(Cl)c1. The second-order valence-electron chi connectivity index (χ2n) is 7.31. The van der Waals surface area contributed by atoms with E-state index < -0.39 is 11.9 Å². The molecule has 7 nitrogen and oxygen atoms in total. The predicted molar refractivity (Wildman–Crippen MR) is 142 cm³/mol. The molecular formula is C26H19BrCl2N2O5. The van der Waals surface area contributed by atoms with Crippen molar-refractivity contribution in [3.63, 3.8) is 0 Å². The zero-order valence-electron chi connectivity index (χ0n) is 18.8. The highest BCUT2D eigenvalue weighted by molar-refractivity contribution is 9.10. The second kappa shape index (κ2) is 12.5. The van der Waals surface area contributed by atoms with Gasteiger partial charge < -0.3 is 19.9 Å². The third-order valence-electron chi connectivity index (χ3n) is 4.74. The third-order valence-corrected chi connectivity index (χ3v) is 6.07. The number of nitrogens with one attached hydrogen (secondary N) is 1. The van der Waals surface area contributed by atoms with Crippen LogP contribution in [0.4, 0.5) is 5.69 Å². The van der Waals surface area contributed by atoms with Crippen LogP contribution in [0.1, 0.15) is 28.4 Å². The summed E-state index contributed by atoms with van der Waals surface area (Å²) >= 11 is 15.5. The van der Waals surface area contributed by atoms with Crippen molar-refractivity contribution in [3.8, 4) is 17.6 Å². The number of nitrogens with zero attached hydrogens (tertiary/aromatic N) is 1. The van der Waals surface area contributed by atoms with E-state index in [-0.39, 0.29) is 23.4 Å². The number of amides is 1. The molecule has 0 saturated carbocycles. The van der Waals surface area contributed by atoms with Crippen molar-refractivity contribution in [1.82, 2.24) is 0 Å². The molecule has 0 aromatic heterocycles. The molecule has 0 radical (unpaired) electrons. The first-order chi connectivity index (χ1) is 17.2. The lowest BCUT2D eigenvalue weighted by Gasteiger charge is -2.15. The molecule has 10 heteroatoms. The summed E-state index contributed by atoms with van der Waals surface area (Å²) in [4.78, 5) is 23.8. The number of hydrogen-bond acceptors (Lipinski definition) is 5. The largest absolute Gasteiger partial charge is 0.490 e. The fourth-order valence-corrected chi connectivity index (χ4v) is 4.00. The van der Waals surface area contributed by atoms with Crippen molar-refractivity contribution < 1.29 is 24.2 Å². The Morgan fingerprint density at radius 2 is 1.89 bits per heavy atom. The first kappa shape index (κ1) is 27.1. The number of anilines is 1. The second-order valence-corrected chi connectivity index (χ2v) is 8.98. The van der Waals surface area contributed by atoms with E-state index in [1.165, 1.54) is 30.3 Å². The van der Waals surface area contributed by atoms with Gasteiger partial charge in [-0.25, -0.2) is 4.79 Å². The van der Waals surface area contributed by atoms with Crippen LogP contribution in [0, 0.1) is 11.3 Å². The van der Waals surface area contributed by atoms with Gasteiger partial charge in [-0.15, -0.1) is 0 Å². The number of carboxylic acids is 1. The van der Waals surface area contributed by atoms with E-state index in [1.54, 1.807) is 30.3 Å². The molecule has 0 heterocycles. The Hall–Kier alpha value is -3.51. The molecule has 0 atom stereocenters. The Kier molecular flexibility index (Phi) is 9.37. The number of carbonyl (C=O) groups is 2. The van der Waals surface area contributed by atoms with Crippen LogP contribution in [-0.4, -0.2) is 23.6 Å². The first-order valence-corrected chi connectivity index (χ1v) is 12.1. The summed E-state index contributed by atoms with van der Waals surface area (Å²) in [5.41, 5.74) is 1.39. The van der Waals surface area contributed by atoms with Gasteiger partial charge in [0.05, 0.1) is 26.7 Å². The molecule has 3 aromatic carbocycles. The average molecular weight is 590 g/mol. The smallest absolute Gasteiger partial charge is 0.335 e. The summed E-state index contributed by atoms with van der Waals surface area (Å²) < 4.78 is 12.2. The standard InChI is InChI=1S/C26H19BrCl2N2O5/c1-2-35-23-11-16(9-20(27)24(23)36-14-15-6-7-21(28)22(29)10-15)8-18(13-30)25(32)31-19-5-3-4-17(12-19)26(33)34/h3-12H,2,14H2,1H3,(H,31,32)(H,33,34)/b18-8-. The fourth-order valence-electron chi connectivity index (χ4n) is 3.10. The maximum Gasteiger partial charge on any atom is 0.335 e. The molecule has 0 unspecified atom stereocenters. The minimum Gasteiger partial charge on any atom is -0.490 e. The van der Waals surface area contributed by atoms with Crippen LogP contribution in [0.2, 0.25) is 10.0 Å². The van der Waals surface area contributed by atoms with Gasteiger partial charge in [0.15, 0.2) is 11.5 Å². The van der Waals surface area contributed by atoms with Gasteiger partial charge in [-0.3, -0.25) is 4.79 Å². The maximum absolute atomic E-state index is 12.7. The normalized spacial score (nSPS) is 10.9. The molecule has 0 saturated heterocycles. The molecule has 0 aliphatic heterocycles. The minimum atomic E-state index is -1.13. The highest BCUT2D eigenvalue weighted by atomic mass is 79.9. The molecule has 1 amide bonds. The Balaban J connectivity index is 1.85. The lowest BCUT2D eigenvalue weighted by Crippen LogP contribution is -2.14. The summed E-state index contributed by atoms with van der Waals surface area (Å²) in [6, 6.07) is 16.1. The number of halogens is 3. The van der Waals surface area contributed by atoms with E-state index in [4.69, 9.17) is 37.8 Å². The zero-order valence-corrected chi connectivity index (χ0v) is 21.9. The topological polar surface area (TPSA) is 109 Å². The van der Waals surface area contributed by atoms with Crippen molar-refractivity contribution in [2.75, 3.05) is 11.9 Å². The van der Waals surface area contributed by atoms with Crippen LogP contribution in [-0.2, 0) is 11.4 Å². The quantitative estimate of drug-likeness (QED) is 0.206. The molecule has 3 rings (SSSR count). The Morgan fingerprint density at radius 3 is 2.56 bits per heavy atom. The lowest BCUT2D eigenvalue weighted by molar-refractivity contribution is -0.112. The van der Waals surface area contributed by atoms with E-state index in [9.17, 15) is 14.9 Å². The molecular weight excluding hydrogens is 571 g/mol. The maximum atomic E-state index is 12.7. The van der Waals surface area contributed by atoms with Gasteiger partial charge in [0.2, 0.25) is 0 Å². The van der Waals surface area contributed by atoms with Gasteiger partial charge >= 0.3 is 5.97 Å². The highest BCUT2D eigenvalue weighted by Gasteiger charge is 2.15. The molecule has 0 aliphatic rings. The molecule has 184 valence electrons. The Labute approximate surface area is 226 Å². The van der Waals surface area contributed by atoms with Crippen molar-refractivity contribution in [2.24, 2.45) is 0 Å². The Bertz CT molecular complexity index is 1390. The summed E-state index contributed by atoms with van der Waals surface area (Å²) in [6.07, 6.45) is 1.40. The number of rotatable bonds is 9. The van der Waals surface area contributed by atoms with E-state index in [1.807, 2.05) is 13.0 Å². The third kappa shape index (κ3) is 7.01. The highest BCUT2D eigenvalue weighted by Crippen LogP contribution is 2.38. The number of carbonyl (C=O) groups excluding carboxylic acids is 1. The monoisotopic (exact) mass is 588 g/mol. The van der Waals surface area contributed by atoms with Gasteiger partial charge in [-0.1, -0.05) is 35.3 Å². The zero-order chi connectivity index (χ0) is 26.2. The minimum absolute atomic E-state index is 0.0111. The van der Waals surface area contributed by atoms with Crippen LogP contribution < -0.4 is 14.8 Å². The Morgan fingerprint density at radius 1 is 1.11 bits per heavy atom. The van der Waals surface area contributed by atoms with Gasteiger partial charge in [-0.05, 0) is 82.5 Å². The van der Waals surface area contributed by atoms with Crippen molar-refractivity contribution in [2.45, 2.75) is 13.5 Å². The van der Waals surface area contributed by atoms with Crippen LogP contribution in [0.3, 0.4) is 0 Å². The van der Waals surface area contributed by atoms with Crippen LogP contribution >= 0.6 is 39.1 Å². The summed E-state index contributed by atoms with van der Waals surface area (Å²) in [5.74, 6) is -0.968. The number of nitriles is 1. The predicted octanol–water partition coefficient (Wildman–Crippen LogP) is 6.98. The van der Waals surface area contributed by atoms with Crippen molar-refractivity contribution >= 4 is 62.8 Å². The number of ether oxygens (including phenoxy) is 2. The summed E-state index contributed by atoms with van der Waals surface area (Å²) in [5, 5.41) is 22.1. The first-order valence-electron chi connectivity index (χ1n) is 10.5. The van der Waals surface area contributed by atoms with E-state index in [0.717, 1.165) is 5.56 Å². The average Bonchev–Trinajstić information content (AvgIpc) is 2.84. The van der Waals surface area contributed by atoms with Crippen molar-refractivity contribution in [1.29, 1.82) is 5.26 Å². The number of carboxylic acid groups (broad SMARTS) is 1. The van der Waals surface area contributed by atoms with E-state index in [2.05, 4.69) is 21.2 Å². The number of hydrogen-bond donors (Lipinski definition) is 2. The van der Waals surface area contributed by atoms with E-state index in [0.29, 0.717) is 38.2 Å². The molecule has 36 heavy (non-hydrogen) atoms. The lowest BCUT2D eigenvalue weighted by atomic mass is 10.1. The molecule has 0 bridgehead atoms. The number of benzene rings is 3. The van der Waals surface area contributed by atoms with Crippen molar-refractivity contribution in [3.05, 3.63) is 91.4 Å². The molecule has 3 aromatic rings. The van der Waals surface area contributed by atoms with Gasteiger partial charge in [0.25, 0.3) is 5.91 Å². The van der Waals surface area contributed by atoms with Crippen LogP contribution in [0.15, 0.2) is 64.6 Å². The number of aromatic carboxylic acids is 1. The molecule has 0 fully saturated rings. The molecule has 2 N–H and O–H groups in total. The van der Waals surface area contributed by atoms with Gasteiger partial charge in [0, 0.05) is 5.69 Å². The molecule has 0 spiro atoms.